The number of morpholine rings is 1. The van der Waals surface area contributed by atoms with E-state index in [0.717, 1.165) is 63.9 Å². The first-order valence-corrected chi connectivity index (χ1v) is 11.0. The van der Waals surface area contributed by atoms with Crippen molar-refractivity contribution in [1.82, 2.24) is 9.88 Å². The number of hydrogen-bond acceptors (Lipinski definition) is 8. The topological polar surface area (TPSA) is 64.1 Å². The highest BCUT2D eigenvalue weighted by atomic mass is 32.1. The Morgan fingerprint density at radius 2 is 2.03 bits per heavy atom. The number of likely N-dealkylation sites (tertiary alicyclic amines) is 1. The molecule has 2 aromatic rings. The lowest BCUT2D eigenvalue weighted by Crippen LogP contribution is -2.38. The molecule has 5 rings (SSSR count). The van der Waals surface area contributed by atoms with E-state index in [9.17, 15) is 4.79 Å². The summed E-state index contributed by atoms with van der Waals surface area (Å²) in [5.41, 5.74) is 0.716. The maximum Gasteiger partial charge on any atom is 0.231 e. The quantitative estimate of drug-likeness (QED) is 0.696. The largest absolute Gasteiger partial charge is 0.454 e. The van der Waals surface area contributed by atoms with Gasteiger partial charge in [-0.3, -0.25) is 9.69 Å². The maximum absolute atomic E-state index is 13.1. The van der Waals surface area contributed by atoms with Crippen molar-refractivity contribution in [3.8, 4) is 11.5 Å². The standard InChI is InChI=1S/C21H25N3O4S/c25-20(15-3-4-18-19(10-15)28-14-27-18)16-2-1-5-23(12-16)13-17-11-22-21(29-17)24-6-8-26-9-7-24/h3-4,10-11,16H,1-2,5-9,12-14H2. The molecular weight excluding hydrogens is 390 g/mol. The third-order valence-electron chi connectivity index (χ3n) is 5.74. The predicted octanol–water partition coefficient (Wildman–Crippen LogP) is 2.80. The van der Waals surface area contributed by atoms with Crippen LogP contribution >= 0.6 is 11.3 Å². The average molecular weight is 416 g/mol. The van der Waals surface area contributed by atoms with Crippen molar-refractivity contribution in [3.05, 3.63) is 34.8 Å². The third-order valence-corrected chi connectivity index (χ3v) is 6.78. The zero-order chi connectivity index (χ0) is 19.6. The van der Waals surface area contributed by atoms with Gasteiger partial charge in [0.05, 0.1) is 13.2 Å². The number of rotatable bonds is 5. The molecule has 0 radical (unpaired) electrons. The Balaban J connectivity index is 1.21. The van der Waals surface area contributed by atoms with Gasteiger partial charge >= 0.3 is 0 Å². The van der Waals surface area contributed by atoms with Crippen LogP contribution in [0.15, 0.2) is 24.4 Å². The molecule has 4 heterocycles. The third kappa shape index (κ3) is 4.10. The fourth-order valence-corrected chi connectivity index (χ4v) is 5.19. The number of carbonyl (C=O) groups is 1. The molecule has 2 fully saturated rings. The number of anilines is 1. The molecule has 0 amide bonds. The van der Waals surface area contributed by atoms with Crippen LogP contribution in [0.25, 0.3) is 0 Å². The fraction of sp³-hybridized carbons (Fsp3) is 0.524. The average Bonchev–Trinajstić information content (AvgIpc) is 3.43. The zero-order valence-corrected chi connectivity index (χ0v) is 17.2. The Morgan fingerprint density at radius 3 is 2.93 bits per heavy atom. The van der Waals surface area contributed by atoms with Gasteiger partial charge in [-0.15, -0.1) is 11.3 Å². The van der Waals surface area contributed by atoms with Crippen molar-refractivity contribution in [3.63, 3.8) is 0 Å². The van der Waals surface area contributed by atoms with Crippen molar-refractivity contribution in [2.45, 2.75) is 19.4 Å². The second-order valence-electron chi connectivity index (χ2n) is 7.72. The van der Waals surface area contributed by atoms with Crippen LogP contribution in [-0.4, -0.2) is 61.9 Å². The van der Waals surface area contributed by atoms with Gasteiger partial charge in [0.25, 0.3) is 0 Å². The van der Waals surface area contributed by atoms with E-state index in [-0.39, 0.29) is 18.5 Å². The fourth-order valence-electron chi connectivity index (χ4n) is 4.19. The van der Waals surface area contributed by atoms with Crippen molar-refractivity contribution >= 4 is 22.3 Å². The van der Waals surface area contributed by atoms with E-state index in [2.05, 4.69) is 14.8 Å². The summed E-state index contributed by atoms with van der Waals surface area (Å²) < 4.78 is 16.2. The number of ketones is 1. The Kier molecular flexibility index (Phi) is 5.39. The van der Waals surface area contributed by atoms with Gasteiger partial charge in [-0.25, -0.2) is 4.98 Å². The lowest BCUT2D eigenvalue weighted by molar-refractivity contribution is 0.0812. The smallest absolute Gasteiger partial charge is 0.231 e. The highest BCUT2D eigenvalue weighted by Gasteiger charge is 2.28. The van der Waals surface area contributed by atoms with Gasteiger partial charge in [0.1, 0.15) is 0 Å². The van der Waals surface area contributed by atoms with Crippen molar-refractivity contribution in [2.75, 3.05) is 51.1 Å². The summed E-state index contributed by atoms with van der Waals surface area (Å²) in [6, 6.07) is 5.51. The minimum absolute atomic E-state index is 0.0238. The number of carbonyl (C=O) groups excluding carboxylic acids is 1. The molecule has 1 unspecified atom stereocenters. The summed E-state index contributed by atoms with van der Waals surface area (Å²) in [7, 11) is 0. The minimum Gasteiger partial charge on any atom is -0.454 e. The van der Waals surface area contributed by atoms with E-state index in [1.807, 2.05) is 24.4 Å². The Bertz CT molecular complexity index is 881. The lowest BCUT2D eigenvalue weighted by Gasteiger charge is -2.31. The first-order chi connectivity index (χ1) is 14.3. The number of piperidine rings is 1. The normalized spacial score (nSPS) is 22.1. The van der Waals surface area contributed by atoms with Gasteiger partial charge in [-0.2, -0.15) is 0 Å². The van der Waals surface area contributed by atoms with Gasteiger partial charge in [-0.1, -0.05) is 0 Å². The molecule has 1 atom stereocenters. The summed E-state index contributed by atoms with van der Waals surface area (Å²) >= 11 is 1.75. The van der Waals surface area contributed by atoms with E-state index in [4.69, 9.17) is 14.2 Å². The summed E-state index contributed by atoms with van der Waals surface area (Å²) in [6.45, 7) is 6.24. The van der Waals surface area contributed by atoms with Crippen LogP contribution in [0.4, 0.5) is 5.13 Å². The summed E-state index contributed by atoms with van der Waals surface area (Å²) in [5, 5.41) is 1.08. The summed E-state index contributed by atoms with van der Waals surface area (Å²) in [6.07, 6.45) is 3.96. The second-order valence-corrected chi connectivity index (χ2v) is 8.81. The highest BCUT2D eigenvalue weighted by molar-refractivity contribution is 7.15. The first kappa shape index (κ1) is 18.8. The van der Waals surface area contributed by atoms with E-state index in [1.54, 1.807) is 11.3 Å². The van der Waals surface area contributed by atoms with Crippen LogP contribution in [-0.2, 0) is 11.3 Å². The Labute approximate surface area is 174 Å². The van der Waals surface area contributed by atoms with E-state index in [0.29, 0.717) is 17.1 Å². The number of thiazole rings is 1. The number of ether oxygens (including phenoxy) is 3. The van der Waals surface area contributed by atoms with Gasteiger partial charge in [0, 0.05) is 48.7 Å². The maximum atomic E-state index is 13.1. The predicted molar refractivity (Wildman–Crippen MR) is 110 cm³/mol. The SMILES string of the molecule is O=C(c1ccc2c(c1)OCO2)C1CCCN(Cc2cnc(N3CCOCC3)s2)C1. The van der Waals surface area contributed by atoms with E-state index in [1.165, 1.54) is 4.88 Å². The van der Waals surface area contributed by atoms with Crippen molar-refractivity contribution in [1.29, 1.82) is 0 Å². The number of aromatic nitrogens is 1. The van der Waals surface area contributed by atoms with Crippen molar-refractivity contribution in [2.24, 2.45) is 5.92 Å². The molecular formula is C21H25N3O4S. The molecule has 0 saturated carbocycles. The highest BCUT2D eigenvalue weighted by Crippen LogP contribution is 2.34. The van der Waals surface area contributed by atoms with Crippen molar-refractivity contribution < 1.29 is 19.0 Å². The van der Waals surface area contributed by atoms with Gasteiger partial charge in [0.15, 0.2) is 22.4 Å². The zero-order valence-electron chi connectivity index (χ0n) is 16.3. The number of benzene rings is 1. The van der Waals surface area contributed by atoms with Crippen LogP contribution in [0.1, 0.15) is 28.1 Å². The second kappa shape index (κ2) is 8.30. The molecule has 1 aromatic carbocycles. The molecule has 0 spiro atoms. The molecule has 0 N–H and O–H groups in total. The number of fused-ring (bicyclic) bond motifs is 1. The molecule has 0 aliphatic carbocycles. The molecule has 0 bridgehead atoms. The molecule has 1 aromatic heterocycles. The Hall–Kier alpha value is -2.16. The molecule has 29 heavy (non-hydrogen) atoms. The van der Waals surface area contributed by atoms with E-state index >= 15 is 0 Å². The Morgan fingerprint density at radius 1 is 1.17 bits per heavy atom. The number of hydrogen-bond donors (Lipinski definition) is 0. The van der Waals surface area contributed by atoms with Crippen LogP contribution in [0.2, 0.25) is 0 Å². The number of Topliss-reactive ketones (excluding diaryl/α,β-unsaturated/α-hetero) is 1. The van der Waals surface area contributed by atoms with Crippen LogP contribution < -0.4 is 14.4 Å². The molecule has 8 heteroatoms. The molecule has 3 aliphatic rings. The van der Waals surface area contributed by atoms with Crippen LogP contribution in [0, 0.1) is 5.92 Å². The van der Waals surface area contributed by atoms with Gasteiger partial charge in [0.2, 0.25) is 6.79 Å². The lowest BCUT2D eigenvalue weighted by atomic mass is 9.90. The number of nitrogens with zero attached hydrogens (tertiary/aromatic N) is 3. The van der Waals surface area contributed by atoms with Gasteiger partial charge in [-0.05, 0) is 37.6 Å². The minimum atomic E-state index is 0.0238. The molecule has 2 saturated heterocycles. The van der Waals surface area contributed by atoms with Crippen LogP contribution in [0.5, 0.6) is 11.5 Å². The molecule has 7 nitrogen and oxygen atoms in total. The van der Waals surface area contributed by atoms with Crippen LogP contribution in [0.3, 0.4) is 0 Å². The molecule has 3 aliphatic heterocycles. The summed E-state index contributed by atoms with van der Waals surface area (Å²) in [5.74, 6) is 1.61. The monoisotopic (exact) mass is 415 g/mol. The summed E-state index contributed by atoms with van der Waals surface area (Å²) in [4.78, 5) is 23.6. The molecule has 154 valence electrons. The van der Waals surface area contributed by atoms with Gasteiger partial charge < -0.3 is 19.1 Å². The van der Waals surface area contributed by atoms with E-state index < -0.39 is 0 Å². The first-order valence-electron chi connectivity index (χ1n) is 10.2.